The van der Waals surface area contributed by atoms with Crippen molar-refractivity contribution >= 4 is 11.7 Å². The van der Waals surface area contributed by atoms with E-state index in [1.165, 1.54) is 31.2 Å². The Hall–Kier alpha value is -1.88. The first-order chi connectivity index (χ1) is 10.3. The van der Waals surface area contributed by atoms with Crippen LogP contribution in [0.5, 0.6) is 0 Å². The number of aryl methyl sites for hydroxylation is 1. The quantitative estimate of drug-likeness (QED) is 0.778. The molecule has 2 aromatic rings. The Morgan fingerprint density at radius 3 is 2.71 bits per heavy atom. The first kappa shape index (κ1) is 14.1. The predicted octanol–water partition coefficient (Wildman–Crippen LogP) is 3.41. The van der Waals surface area contributed by atoms with Crippen LogP contribution in [-0.2, 0) is 13.0 Å². The number of nitrogens with zero attached hydrogens (tertiary/aromatic N) is 2. The molecule has 0 spiro atoms. The van der Waals surface area contributed by atoms with Crippen LogP contribution in [0.3, 0.4) is 0 Å². The maximum atomic E-state index is 5.57. The highest BCUT2D eigenvalue weighted by molar-refractivity contribution is 5.52. The summed E-state index contributed by atoms with van der Waals surface area (Å²) in [5, 5.41) is 14.5. The number of benzene rings is 1. The van der Waals surface area contributed by atoms with Crippen LogP contribution in [-0.4, -0.2) is 16.2 Å². The van der Waals surface area contributed by atoms with Gasteiger partial charge in [0.25, 0.3) is 0 Å². The largest absolute Gasteiger partial charge is 0.406 e. The summed E-state index contributed by atoms with van der Waals surface area (Å²) in [5.41, 5.74) is 2.34. The monoisotopic (exact) mass is 286 g/mol. The second kappa shape index (κ2) is 6.72. The van der Waals surface area contributed by atoms with E-state index in [1.54, 1.807) is 0 Å². The van der Waals surface area contributed by atoms with Crippen molar-refractivity contribution in [2.75, 3.05) is 5.32 Å². The topological polar surface area (TPSA) is 63.0 Å². The third-order valence-electron chi connectivity index (χ3n) is 3.61. The Morgan fingerprint density at radius 1 is 1.19 bits per heavy atom. The van der Waals surface area contributed by atoms with Gasteiger partial charge in [-0.1, -0.05) is 30.6 Å². The molecule has 1 aliphatic rings. The lowest BCUT2D eigenvalue weighted by Gasteiger charge is -2.03. The van der Waals surface area contributed by atoms with E-state index in [0.717, 1.165) is 12.1 Å². The second-order valence-electron chi connectivity index (χ2n) is 5.58. The normalized spacial score (nSPS) is 14.3. The van der Waals surface area contributed by atoms with E-state index in [1.807, 2.05) is 0 Å². The molecule has 1 aromatic heterocycles. The van der Waals surface area contributed by atoms with Gasteiger partial charge in [0.15, 0.2) is 0 Å². The van der Waals surface area contributed by atoms with E-state index in [9.17, 15) is 0 Å². The summed E-state index contributed by atoms with van der Waals surface area (Å²) in [7, 11) is 0. The fourth-order valence-corrected chi connectivity index (χ4v) is 2.15. The Kier molecular flexibility index (Phi) is 4.50. The standard InChI is InChI=1S/C16H22N4O/c1-2-3-4-12-5-7-14(8-6-12)18-16-20-19-15(21-16)11-17-13-9-10-13/h5-8,13,17H,2-4,9-11H2,1H3,(H,18,20). The zero-order valence-corrected chi connectivity index (χ0v) is 12.4. The van der Waals surface area contributed by atoms with Crippen molar-refractivity contribution in [3.63, 3.8) is 0 Å². The zero-order valence-electron chi connectivity index (χ0n) is 12.4. The SMILES string of the molecule is CCCCc1ccc(Nc2nnc(CNC3CC3)o2)cc1. The Balaban J connectivity index is 1.52. The molecule has 1 aromatic carbocycles. The van der Waals surface area contributed by atoms with Crippen LogP contribution in [0.4, 0.5) is 11.7 Å². The molecule has 5 heteroatoms. The molecular formula is C16H22N4O. The number of unbranched alkanes of at least 4 members (excludes halogenated alkanes) is 1. The minimum absolute atomic E-state index is 0.448. The van der Waals surface area contributed by atoms with Crippen LogP contribution in [0, 0.1) is 0 Å². The zero-order chi connectivity index (χ0) is 14.5. The Morgan fingerprint density at radius 2 is 2.00 bits per heavy atom. The second-order valence-corrected chi connectivity index (χ2v) is 5.58. The lowest BCUT2D eigenvalue weighted by Crippen LogP contribution is -2.15. The van der Waals surface area contributed by atoms with Gasteiger partial charge in [0.05, 0.1) is 6.54 Å². The summed E-state index contributed by atoms with van der Waals surface area (Å²) in [6.07, 6.45) is 6.09. The molecule has 0 unspecified atom stereocenters. The molecule has 0 saturated heterocycles. The third kappa shape index (κ3) is 4.29. The summed E-state index contributed by atoms with van der Waals surface area (Å²) in [6, 6.07) is 9.48. The van der Waals surface area contributed by atoms with Crippen molar-refractivity contribution in [2.45, 2.75) is 51.6 Å². The minimum atomic E-state index is 0.448. The van der Waals surface area contributed by atoms with Gasteiger partial charge >= 0.3 is 6.01 Å². The van der Waals surface area contributed by atoms with Gasteiger partial charge in [0.1, 0.15) is 0 Å². The molecule has 112 valence electrons. The van der Waals surface area contributed by atoms with Gasteiger partial charge in [-0.3, -0.25) is 0 Å². The lowest BCUT2D eigenvalue weighted by molar-refractivity contribution is 0.478. The molecule has 1 aliphatic carbocycles. The average Bonchev–Trinajstić information content (AvgIpc) is 3.24. The molecule has 0 amide bonds. The molecule has 0 bridgehead atoms. The molecule has 3 rings (SSSR count). The van der Waals surface area contributed by atoms with E-state index in [0.29, 0.717) is 24.5 Å². The average molecular weight is 286 g/mol. The maximum absolute atomic E-state index is 5.57. The minimum Gasteiger partial charge on any atom is -0.406 e. The van der Waals surface area contributed by atoms with Crippen LogP contribution in [0.15, 0.2) is 28.7 Å². The van der Waals surface area contributed by atoms with Crippen molar-refractivity contribution in [1.82, 2.24) is 15.5 Å². The molecule has 1 saturated carbocycles. The molecule has 0 radical (unpaired) electrons. The summed E-state index contributed by atoms with van der Waals surface area (Å²) in [6.45, 7) is 2.86. The van der Waals surface area contributed by atoms with E-state index < -0.39 is 0 Å². The van der Waals surface area contributed by atoms with Gasteiger partial charge in [-0.25, -0.2) is 0 Å². The van der Waals surface area contributed by atoms with Crippen LogP contribution in [0.2, 0.25) is 0 Å². The van der Waals surface area contributed by atoms with Crippen molar-refractivity contribution in [3.05, 3.63) is 35.7 Å². The van der Waals surface area contributed by atoms with E-state index in [4.69, 9.17) is 4.42 Å². The molecule has 5 nitrogen and oxygen atoms in total. The number of rotatable bonds is 8. The molecule has 0 atom stereocenters. The molecule has 0 aliphatic heterocycles. The summed E-state index contributed by atoms with van der Waals surface area (Å²) < 4.78 is 5.57. The van der Waals surface area contributed by atoms with Gasteiger partial charge in [0.2, 0.25) is 5.89 Å². The highest BCUT2D eigenvalue weighted by Crippen LogP contribution is 2.20. The molecule has 1 heterocycles. The molecule has 2 N–H and O–H groups in total. The third-order valence-corrected chi connectivity index (χ3v) is 3.61. The lowest BCUT2D eigenvalue weighted by atomic mass is 10.1. The first-order valence-corrected chi connectivity index (χ1v) is 7.75. The number of hydrogen-bond donors (Lipinski definition) is 2. The predicted molar refractivity (Wildman–Crippen MR) is 82.5 cm³/mol. The molecular weight excluding hydrogens is 264 g/mol. The summed E-state index contributed by atoms with van der Waals surface area (Å²) >= 11 is 0. The van der Waals surface area contributed by atoms with Crippen LogP contribution in [0.25, 0.3) is 0 Å². The number of nitrogens with one attached hydrogen (secondary N) is 2. The van der Waals surface area contributed by atoms with Crippen molar-refractivity contribution in [2.24, 2.45) is 0 Å². The number of anilines is 2. The Labute approximate surface area is 125 Å². The van der Waals surface area contributed by atoms with E-state index in [2.05, 4.69) is 52.0 Å². The maximum Gasteiger partial charge on any atom is 0.320 e. The molecule has 1 fully saturated rings. The van der Waals surface area contributed by atoms with Crippen LogP contribution in [0.1, 0.15) is 44.1 Å². The van der Waals surface area contributed by atoms with Gasteiger partial charge in [-0.2, -0.15) is 0 Å². The first-order valence-electron chi connectivity index (χ1n) is 7.75. The van der Waals surface area contributed by atoms with Gasteiger partial charge in [-0.05, 0) is 43.4 Å². The number of aromatic nitrogens is 2. The van der Waals surface area contributed by atoms with Crippen LogP contribution < -0.4 is 10.6 Å². The van der Waals surface area contributed by atoms with Gasteiger partial charge < -0.3 is 15.1 Å². The van der Waals surface area contributed by atoms with Gasteiger partial charge in [0, 0.05) is 11.7 Å². The highest BCUT2D eigenvalue weighted by atomic mass is 16.4. The van der Waals surface area contributed by atoms with Crippen molar-refractivity contribution in [1.29, 1.82) is 0 Å². The van der Waals surface area contributed by atoms with Crippen LogP contribution >= 0.6 is 0 Å². The fourth-order valence-electron chi connectivity index (χ4n) is 2.15. The van der Waals surface area contributed by atoms with Gasteiger partial charge in [-0.15, -0.1) is 5.10 Å². The fraction of sp³-hybridized carbons (Fsp3) is 0.500. The summed E-state index contributed by atoms with van der Waals surface area (Å²) in [5.74, 6) is 0.629. The molecule has 21 heavy (non-hydrogen) atoms. The summed E-state index contributed by atoms with van der Waals surface area (Å²) in [4.78, 5) is 0. The van der Waals surface area contributed by atoms with E-state index in [-0.39, 0.29) is 0 Å². The number of hydrogen-bond acceptors (Lipinski definition) is 5. The smallest absolute Gasteiger partial charge is 0.320 e. The Bertz CT molecular complexity index is 560. The highest BCUT2D eigenvalue weighted by Gasteiger charge is 2.21. The van der Waals surface area contributed by atoms with Crippen molar-refractivity contribution < 1.29 is 4.42 Å². The van der Waals surface area contributed by atoms with Crippen molar-refractivity contribution in [3.8, 4) is 0 Å². The van der Waals surface area contributed by atoms with E-state index >= 15 is 0 Å².